The van der Waals surface area contributed by atoms with Crippen LogP contribution < -0.4 is 5.73 Å². The Morgan fingerprint density at radius 3 is 2.62 bits per heavy atom. The van der Waals surface area contributed by atoms with Gasteiger partial charge in [-0.2, -0.15) is 0 Å². The van der Waals surface area contributed by atoms with Gasteiger partial charge in [0, 0.05) is 18.7 Å². The summed E-state index contributed by atoms with van der Waals surface area (Å²) in [4.78, 5) is 0. The fourth-order valence-electron chi connectivity index (χ4n) is 1.56. The topological polar surface area (TPSA) is 69.6 Å². The molecule has 5 heteroatoms. The standard InChI is InChI=1S/C11H15N5/c1-2-7-16-11(13-14-15-16)10-5-3-9(8-12)4-6-10/h3-6H,2,7-8,12H2,1H3. The average Bonchev–Trinajstić information content (AvgIpc) is 2.78. The Morgan fingerprint density at radius 2 is 2.00 bits per heavy atom. The highest BCUT2D eigenvalue weighted by Gasteiger charge is 2.07. The van der Waals surface area contributed by atoms with Crippen LogP contribution in [0, 0.1) is 0 Å². The van der Waals surface area contributed by atoms with Crippen molar-refractivity contribution in [3.05, 3.63) is 29.8 Å². The van der Waals surface area contributed by atoms with E-state index in [1.54, 1.807) is 0 Å². The second-order valence-corrected chi connectivity index (χ2v) is 3.63. The summed E-state index contributed by atoms with van der Waals surface area (Å²) >= 11 is 0. The summed E-state index contributed by atoms with van der Waals surface area (Å²) in [6, 6.07) is 8.00. The van der Waals surface area contributed by atoms with Crippen molar-refractivity contribution in [3.63, 3.8) is 0 Å². The minimum Gasteiger partial charge on any atom is -0.326 e. The smallest absolute Gasteiger partial charge is 0.182 e. The second kappa shape index (κ2) is 4.85. The third-order valence-corrected chi connectivity index (χ3v) is 2.42. The third kappa shape index (κ3) is 2.09. The zero-order chi connectivity index (χ0) is 11.4. The molecule has 0 aliphatic carbocycles. The highest BCUT2D eigenvalue weighted by Crippen LogP contribution is 2.16. The molecule has 1 heterocycles. The number of nitrogens with two attached hydrogens (primary N) is 1. The average molecular weight is 217 g/mol. The van der Waals surface area contributed by atoms with E-state index in [1.807, 2.05) is 28.9 Å². The van der Waals surface area contributed by atoms with E-state index in [0.717, 1.165) is 29.9 Å². The van der Waals surface area contributed by atoms with Crippen molar-refractivity contribution in [2.75, 3.05) is 0 Å². The van der Waals surface area contributed by atoms with Gasteiger partial charge in [-0.05, 0) is 22.4 Å². The van der Waals surface area contributed by atoms with Gasteiger partial charge in [0.05, 0.1) is 0 Å². The van der Waals surface area contributed by atoms with Gasteiger partial charge in [0.1, 0.15) is 0 Å². The van der Waals surface area contributed by atoms with Crippen molar-refractivity contribution < 1.29 is 0 Å². The predicted octanol–water partition coefficient (Wildman–Crippen LogP) is 1.21. The van der Waals surface area contributed by atoms with E-state index in [-0.39, 0.29) is 0 Å². The van der Waals surface area contributed by atoms with E-state index < -0.39 is 0 Å². The summed E-state index contributed by atoms with van der Waals surface area (Å²) in [7, 11) is 0. The number of tetrazole rings is 1. The summed E-state index contributed by atoms with van der Waals surface area (Å²) in [6.07, 6.45) is 1.01. The molecule has 0 saturated carbocycles. The molecule has 2 N–H and O–H groups in total. The summed E-state index contributed by atoms with van der Waals surface area (Å²) in [5.74, 6) is 0.811. The van der Waals surface area contributed by atoms with Crippen LogP contribution in [0.15, 0.2) is 24.3 Å². The molecule has 0 spiro atoms. The van der Waals surface area contributed by atoms with E-state index >= 15 is 0 Å². The summed E-state index contributed by atoms with van der Waals surface area (Å²) in [5.41, 5.74) is 7.68. The van der Waals surface area contributed by atoms with Gasteiger partial charge >= 0.3 is 0 Å². The molecular weight excluding hydrogens is 202 g/mol. The molecule has 0 saturated heterocycles. The maximum atomic E-state index is 5.55. The molecule has 2 rings (SSSR count). The van der Waals surface area contributed by atoms with Gasteiger partial charge in [-0.1, -0.05) is 31.2 Å². The largest absolute Gasteiger partial charge is 0.326 e. The Morgan fingerprint density at radius 1 is 1.25 bits per heavy atom. The maximum absolute atomic E-state index is 5.55. The Labute approximate surface area is 94.3 Å². The lowest BCUT2D eigenvalue weighted by atomic mass is 10.1. The van der Waals surface area contributed by atoms with Gasteiger partial charge in [-0.25, -0.2) is 4.68 Å². The molecule has 0 bridgehead atoms. The minimum atomic E-state index is 0.556. The molecule has 0 radical (unpaired) electrons. The fourth-order valence-corrected chi connectivity index (χ4v) is 1.56. The number of rotatable bonds is 4. The molecule has 0 aliphatic heterocycles. The van der Waals surface area contributed by atoms with Crippen LogP contribution in [0.25, 0.3) is 11.4 Å². The number of benzene rings is 1. The first kappa shape index (κ1) is 10.8. The van der Waals surface area contributed by atoms with E-state index in [4.69, 9.17) is 5.73 Å². The van der Waals surface area contributed by atoms with Crippen LogP contribution in [-0.2, 0) is 13.1 Å². The molecule has 2 aromatic rings. The van der Waals surface area contributed by atoms with Crippen molar-refractivity contribution in [2.24, 2.45) is 5.73 Å². The van der Waals surface area contributed by atoms with Gasteiger partial charge in [-0.3, -0.25) is 0 Å². The highest BCUT2D eigenvalue weighted by atomic mass is 15.5. The first-order valence-electron chi connectivity index (χ1n) is 5.40. The summed E-state index contributed by atoms with van der Waals surface area (Å²) in [5, 5.41) is 11.7. The van der Waals surface area contributed by atoms with Gasteiger partial charge in [0.2, 0.25) is 0 Å². The van der Waals surface area contributed by atoms with E-state index in [0.29, 0.717) is 6.54 Å². The third-order valence-electron chi connectivity index (χ3n) is 2.42. The zero-order valence-electron chi connectivity index (χ0n) is 9.30. The molecule has 1 aromatic carbocycles. The van der Waals surface area contributed by atoms with Crippen LogP contribution in [0.2, 0.25) is 0 Å². The molecule has 0 atom stereocenters. The van der Waals surface area contributed by atoms with Gasteiger partial charge in [-0.15, -0.1) is 5.10 Å². The monoisotopic (exact) mass is 217 g/mol. The molecule has 1 aromatic heterocycles. The van der Waals surface area contributed by atoms with Gasteiger partial charge < -0.3 is 5.73 Å². The van der Waals surface area contributed by atoms with Crippen molar-refractivity contribution in [2.45, 2.75) is 26.4 Å². The number of hydrogen-bond acceptors (Lipinski definition) is 4. The Hall–Kier alpha value is -1.75. The first-order chi connectivity index (χ1) is 7.85. The Bertz CT molecular complexity index is 446. The van der Waals surface area contributed by atoms with Crippen molar-refractivity contribution in [1.29, 1.82) is 0 Å². The normalized spacial score (nSPS) is 10.6. The molecule has 5 nitrogen and oxygen atoms in total. The quantitative estimate of drug-likeness (QED) is 0.835. The molecule has 0 aliphatic rings. The first-order valence-corrected chi connectivity index (χ1v) is 5.40. The van der Waals surface area contributed by atoms with E-state index in [1.165, 1.54) is 0 Å². The van der Waals surface area contributed by atoms with Crippen molar-refractivity contribution in [3.8, 4) is 11.4 Å². The summed E-state index contributed by atoms with van der Waals surface area (Å²) in [6.45, 7) is 3.49. The molecule has 0 amide bonds. The number of nitrogens with zero attached hydrogens (tertiary/aromatic N) is 4. The molecule has 0 fully saturated rings. The zero-order valence-corrected chi connectivity index (χ0v) is 9.30. The van der Waals surface area contributed by atoms with Crippen LogP contribution in [-0.4, -0.2) is 20.2 Å². The van der Waals surface area contributed by atoms with Crippen LogP contribution in [0.5, 0.6) is 0 Å². The molecule has 16 heavy (non-hydrogen) atoms. The van der Waals surface area contributed by atoms with Crippen LogP contribution in [0.3, 0.4) is 0 Å². The maximum Gasteiger partial charge on any atom is 0.182 e. The Balaban J connectivity index is 2.31. The molecule has 0 unspecified atom stereocenters. The SMILES string of the molecule is CCCn1nnnc1-c1ccc(CN)cc1. The lowest BCUT2D eigenvalue weighted by Crippen LogP contribution is -2.02. The van der Waals surface area contributed by atoms with Crippen molar-refractivity contribution in [1.82, 2.24) is 20.2 Å². The van der Waals surface area contributed by atoms with Gasteiger partial charge in [0.15, 0.2) is 5.82 Å². The minimum absolute atomic E-state index is 0.556. The molecule has 84 valence electrons. The Kier molecular flexibility index (Phi) is 3.26. The lowest BCUT2D eigenvalue weighted by molar-refractivity contribution is 0.583. The predicted molar refractivity (Wildman–Crippen MR) is 61.4 cm³/mol. The number of hydrogen-bond donors (Lipinski definition) is 1. The lowest BCUT2D eigenvalue weighted by Gasteiger charge is -2.03. The van der Waals surface area contributed by atoms with E-state index in [9.17, 15) is 0 Å². The highest BCUT2D eigenvalue weighted by molar-refractivity contribution is 5.54. The second-order valence-electron chi connectivity index (χ2n) is 3.63. The van der Waals surface area contributed by atoms with Crippen LogP contribution in [0.4, 0.5) is 0 Å². The van der Waals surface area contributed by atoms with Crippen LogP contribution in [0.1, 0.15) is 18.9 Å². The summed E-state index contributed by atoms with van der Waals surface area (Å²) < 4.78 is 1.82. The van der Waals surface area contributed by atoms with Crippen molar-refractivity contribution >= 4 is 0 Å². The van der Waals surface area contributed by atoms with E-state index in [2.05, 4.69) is 22.4 Å². The van der Waals surface area contributed by atoms with Crippen LogP contribution >= 0.6 is 0 Å². The molecular formula is C11H15N5. The fraction of sp³-hybridized carbons (Fsp3) is 0.364. The van der Waals surface area contributed by atoms with Gasteiger partial charge in [0.25, 0.3) is 0 Å². The number of aromatic nitrogens is 4. The number of aryl methyl sites for hydroxylation is 1.